The zero-order valence-corrected chi connectivity index (χ0v) is 9.71. The van der Waals surface area contributed by atoms with E-state index in [4.69, 9.17) is 9.47 Å². The first-order valence-electron chi connectivity index (χ1n) is 6.29. The lowest BCUT2D eigenvalue weighted by molar-refractivity contribution is 0.0708. The van der Waals surface area contributed by atoms with E-state index in [2.05, 4.69) is 12.2 Å². The zero-order valence-electron chi connectivity index (χ0n) is 9.71. The molecule has 1 aliphatic heterocycles. The van der Waals surface area contributed by atoms with E-state index in [1.807, 2.05) is 0 Å². The molecule has 0 aromatic heterocycles. The Bertz CT molecular complexity index is 176. The average molecular weight is 213 g/mol. The van der Waals surface area contributed by atoms with Gasteiger partial charge in [-0.1, -0.05) is 6.92 Å². The molecule has 2 unspecified atom stereocenters. The van der Waals surface area contributed by atoms with Gasteiger partial charge in [-0.05, 0) is 31.7 Å². The van der Waals surface area contributed by atoms with Crippen molar-refractivity contribution in [3.63, 3.8) is 0 Å². The normalized spacial score (nSPS) is 28.2. The van der Waals surface area contributed by atoms with Crippen molar-refractivity contribution in [3.8, 4) is 0 Å². The number of likely N-dealkylation sites (N-methyl/N-ethyl adjacent to an activating group) is 1. The minimum absolute atomic E-state index is 0.595. The topological polar surface area (TPSA) is 30.5 Å². The molecular formula is C12H23NO2. The molecule has 0 aromatic carbocycles. The molecular weight excluding hydrogens is 190 g/mol. The summed E-state index contributed by atoms with van der Waals surface area (Å²) >= 11 is 0. The molecule has 0 radical (unpaired) electrons. The molecule has 88 valence electrons. The predicted molar refractivity (Wildman–Crippen MR) is 59.9 cm³/mol. The van der Waals surface area contributed by atoms with Crippen LogP contribution in [0.5, 0.6) is 0 Å². The maximum Gasteiger partial charge on any atom is 0.0622 e. The lowest BCUT2D eigenvalue weighted by atomic mass is 10.1. The summed E-state index contributed by atoms with van der Waals surface area (Å²) in [6.45, 7) is 6.81. The van der Waals surface area contributed by atoms with Crippen molar-refractivity contribution in [2.24, 2.45) is 11.8 Å². The van der Waals surface area contributed by atoms with E-state index >= 15 is 0 Å². The van der Waals surface area contributed by atoms with E-state index in [1.165, 1.54) is 19.3 Å². The molecule has 2 aliphatic rings. The smallest absolute Gasteiger partial charge is 0.0622 e. The van der Waals surface area contributed by atoms with Gasteiger partial charge in [0.15, 0.2) is 0 Å². The van der Waals surface area contributed by atoms with E-state index in [0.29, 0.717) is 12.0 Å². The third-order valence-electron chi connectivity index (χ3n) is 3.33. The summed E-state index contributed by atoms with van der Waals surface area (Å²) in [7, 11) is 0. The SMILES string of the molecule is CCNC(COCC1CCOC1)C1CC1. The van der Waals surface area contributed by atoms with Crippen LogP contribution in [0.15, 0.2) is 0 Å². The van der Waals surface area contributed by atoms with Crippen LogP contribution in [-0.2, 0) is 9.47 Å². The van der Waals surface area contributed by atoms with Crippen LogP contribution in [0.1, 0.15) is 26.2 Å². The molecule has 0 amide bonds. The fraction of sp³-hybridized carbons (Fsp3) is 1.00. The standard InChI is InChI=1S/C12H23NO2/c1-2-13-12(11-3-4-11)9-15-8-10-5-6-14-7-10/h10-13H,2-9H2,1H3. The molecule has 2 atom stereocenters. The average Bonchev–Trinajstić information content (AvgIpc) is 2.96. The van der Waals surface area contributed by atoms with E-state index in [-0.39, 0.29) is 0 Å². The third kappa shape index (κ3) is 3.74. The summed E-state index contributed by atoms with van der Waals surface area (Å²) < 4.78 is 11.1. The van der Waals surface area contributed by atoms with Gasteiger partial charge < -0.3 is 14.8 Å². The summed E-state index contributed by atoms with van der Waals surface area (Å²) in [4.78, 5) is 0. The van der Waals surface area contributed by atoms with Crippen molar-refractivity contribution in [2.45, 2.75) is 32.2 Å². The Kier molecular flexibility index (Phi) is 4.42. The third-order valence-corrected chi connectivity index (χ3v) is 3.33. The highest BCUT2D eigenvalue weighted by molar-refractivity contribution is 4.86. The largest absolute Gasteiger partial charge is 0.381 e. The van der Waals surface area contributed by atoms with E-state index in [0.717, 1.165) is 38.9 Å². The van der Waals surface area contributed by atoms with Crippen LogP contribution >= 0.6 is 0 Å². The molecule has 3 heteroatoms. The zero-order chi connectivity index (χ0) is 10.5. The van der Waals surface area contributed by atoms with Crippen molar-refractivity contribution in [3.05, 3.63) is 0 Å². The Balaban J connectivity index is 1.57. The minimum atomic E-state index is 0.595. The monoisotopic (exact) mass is 213 g/mol. The Morgan fingerprint density at radius 2 is 2.27 bits per heavy atom. The summed E-state index contributed by atoms with van der Waals surface area (Å²) in [6, 6.07) is 0.595. The van der Waals surface area contributed by atoms with Gasteiger partial charge in [0.25, 0.3) is 0 Å². The quantitative estimate of drug-likeness (QED) is 0.694. The number of ether oxygens (including phenoxy) is 2. The first kappa shape index (κ1) is 11.4. The van der Waals surface area contributed by atoms with Gasteiger partial charge in [-0.3, -0.25) is 0 Å². The van der Waals surface area contributed by atoms with Crippen LogP contribution in [0, 0.1) is 11.8 Å². The first-order chi connectivity index (χ1) is 7.40. The lowest BCUT2D eigenvalue weighted by Gasteiger charge is -2.18. The summed E-state index contributed by atoms with van der Waals surface area (Å²) in [5.41, 5.74) is 0. The van der Waals surface area contributed by atoms with Gasteiger partial charge in [0, 0.05) is 18.6 Å². The van der Waals surface area contributed by atoms with Gasteiger partial charge >= 0.3 is 0 Å². The Hall–Kier alpha value is -0.120. The molecule has 0 bridgehead atoms. The van der Waals surface area contributed by atoms with Crippen molar-refractivity contribution < 1.29 is 9.47 Å². The number of rotatable bonds is 7. The second-order valence-corrected chi connectivity index (χ2v) is 4.77. The molecule has 2 rings (SSSR count). The van der Waals surface area contributed by atoms with Gasteiger partial charge in [-0.15, -0.1) is 0 Å². The molecule has 1 N–H and O–H groups in total. The highest BCUT2D eigenvalue weighted by Gasteiger charge is 2.30. The molecule has 15 heavy (non-hydrogen) atoms. The molecule has 2 fully saturated rings. The molecule has 0 spiro atoms. The molecule has 3 nitrogen and oxygen atoms in total. The van der Waals surface area contributed by atoms with E-state index < -0.39 is 0 Å². The van der Waals surface area contributed by atoms with Crippen LogP contribution < -0.4 is 5.32 Å². The fourth-order valence-corrected chi connectivity index (χ4v) is 2.20. The van der Waals surface area contributed by atoms with Crippen molar-refractivity contribution >= 4 is 0 Å². The van der Waals surface area contributed by atoms with Crippen LogP contribution in [0.4, 0.5) is 0 Å². The summed E-state index contributed by atoms with van der Waals surface area (Å²) in [5.74, 6) is 1.52. The molecule has 0 aromatic rings. The summed E-state index contributed by atoms with van der Waals surface area (Å²) in [6.07, 6.45) is 3.94. The summed E-state index contributed by atoms with van der Waals surface area (Å²) in [5, 5.41) is 3.51. The fourth-order valence-electron chi connectivity index (χ4n) is 2.20. The predicted octanol–water partition coefficient (Wildman–Crippen LogP) is 1.43. The number of hydrogen-bond acceptors (Lipinski definition) is 3. The first-order valence-corrected chi connectivity index (χ1v) is 6.29. The van der Waals surface area contributed by atoms with Crippen LogP contribution in [0.25, 0.3) is 0 Å². The van der Waals surface area contributed by atoms with Gasteiger partial charge in [0.1, 0.15) is 0 Å². The van der Waals surface area contributed by atoms with Gasteiger partial charge in [-0.25, -0.2) is 0 Å². The van der Waals surface area contributed by atoms with Gasteiger partial charge in [0.05, 0.1) is 19.8 Å². The van der Waals surface area contributed by atoms with Crippen LogP contribution in [0.2, 0.25) is 0 Å². The Morgan fingerprint density at radius 1 is 1.40 bits per heavy atom. The lowest BCUT2D eigenvalue weighted by Crippen LogP contribution is -2.35. The molecule has 1 heterocycles. The van der Waals surface area contributed by atoms with Crippen LogP contribution in [0.3, 0.4) is 0 Å². The van der Waals surface area contributed by atoms with Gasteiger partial charge in [0.2, 0.25) is 0 Å². The highest BCUT2D eigenvalue weighted by Crippen LogP contribution is 2.32. The maximum absolute atomic E-state index is 5.79. The van der Waals surface area contributed by atoms with Crippen molar-refractivity contribution in [2.75, 3.05) is 33.0 Å². The molecule has 1 aliphatic carbocycles. The number of hydrogen-bond donors (Lipinski definition) is 1. The Morgan fingerprint density at radius 3 is 2.87 bits per heavy atom. The minimum Gasteiger partial charge on any atom is -0.381 e. The van der Waals surface area contributed by atoms with Crippen molar-refractivity contribution in [1.82, 2.24) is 5.32 Å². The highest BCUT2D eigenvalue weighted by atomic mass is 16.5. The number of nitrogens with one attached hydrogen (secondary N) is 1. The second kappa shape index (κ2) is 5.83. The van der Waals surface area contributed by atoms with Gasteiger partial charge in [-0.2, -0.15) is 0 Å². The van der Waals surface area contributed by atoms with Crippen LogP contribution in [-0.4, -0.2) is 39.0 Å². The Labute approximate surface area is 92.5 Å². The second-order valence-electron chi connectivity index (χ2n) is 4.77. The molecule has 1 saturated carbocycles. The maximum atomic E-state index is 5.79. The van der Waals surface area contributed by atoms with E-state index in [9.17, 15) is 0 Å². The molecule has 1 saturated heterocycles. The van der Waals surface area contributed by atoms with Crippen molar-refractivity contribution in [1.29, 1.82) is 0 Å². The van der Waals surface area contributed by atoms with E-state index in [1.54, 1.807) is 0 Å².